The number of guanidine groups is 1. The van der Waals surface area contributed by atoms with Gasteiger partial charge in [0.25, 0.3) is 0 Å². The summed E-state index contributed by atoms with van der Waals surface area (Å²) in [7, 11) is 3.54. The van der Waals surface area contributed by atoms with E-state index in [2.05, 4.69) is 15.4 Å². The number of amides is 1. The Morgan fingerprint density at radius 2 is 2.08 bits per heavy atom. The molecule has 3 rings (SSSR count). The van der Waals surface area contributed by atoms with Gasteiger partial charge in [-0.3, -0.25) is 14.5 Å². The van der Waals surface area contributed by atoms with Gasteiger partial charge in [-0.2, -0.15) is 5.10 Å². The number of aromatic hydroxyl groups is 1. The van der Waals surface area contributed by atoms with Crippen LogP contribution in [0.4, 0.5) is 5.69 Å². The summed E-state index contributed by atoms with van der Waals surface area (Å²) in [5.41, 5.74) is 1.85. The van der Waals surface area contributed by atoms with Gasteiger partial charge in [0.05, 0.1) is 11.9 Å². The van der Waals surface area contributed by atoms with Crippen molar-refractivity contribution in [2.45, 2.75) is 6.54 Å². The van der Waals surface area contributed by atoms with Crippen LogP contribution in [0.25, 0.3) is 0 Å². The number of phenols is 1. The summed E-state index contributed by atoms with van der Waals surface area (Å²) in [6, 6.07) is 6.99. The van der Waals surface area contributed by atoms with Crippen LogP contribution in [0.5, 0.6) is 5.75 Å². The number of aromatic nitrogens is 2. The van der Waals surface area contributed by atoms with E-state index in [0.29, 0.717) is 25.6 Å². The first-order chi connectivity index (χ1) is 12.1. The molecule has 2 N–H and O–H groups in total. The van der Waals surface area contributed by atoms with Gasteiger partial charge in [-0.05, 0) is 17.7 Å². The van der Waals surface area contributed by atoms with E-state index in [0.717, 1.165) is 11.3 Å². The molecule has 8 heteroatoms. The second-order valence-electron chi connectivity index (χ2n) is 5.91. The molecule has 1 fully saturated rings. The topological polar surface area (TPSA) is 86.0 Å². The predicted octanol–water partition coefficient (Wildman–Crippen LogP) is 0.550. The lowest BCUT2D eigenvalue weighted by Crippen LogP contribution is -2.55. The highest BCUT2D eigenvalue weighted by molar-refractivity contribution is 5.98. The molecule has 1 aliphatic heterocycles. The van der Waals surface area contributed by atoms with E-state index >= 15 is 0 Å². The Morgan fingerprint density at radius 3 is 2.68 bits per heavy atom. The van der Waals surface area contributed by atoms with Crippen molar-refractivity contribution in [1.82, 2.24) is 20.0 Å². The molecule has 132 valence electrons. The van der Waals surface area contributed by atoms with Crippen molar-refractivity contribution in [3.8, 4) is 5.75 Å². The minimum absolute atomic E-state index is 0.0202. The molecule has 1 saturated heterocycles. The summed E-state index contributed by atoms with van der Waals surface area (Å²) in [6.45, 7) is 2.12. The average Bonchev–Trinajstić information content (AvgIpc) is 3.03. The van der Waals surface area contributed by atoms with Crippen LogP contribution in [0, 0.1) is 0 Å². The lowest BCUT2D eigenvalue weighted by molar-refractivity contribution is -0.120. The van der Waals surface area contributed by atoms with Gasteiger partial charge in [-0.25, -0.2) is 0 Å². The van der Waals surface area contributed by atoms with Crippen molar-refractivity contribution in [3.05, 3.63) is 42.2 Å². The van der Waals surface area contributed by atoms with E-state index in [9.17, 15) is 9.90 Å². The molecule has 2 heterocycles. The number of piperazine rings is 1. The predicted molar refractivity (Wildman–Crippen MR) is 95.4 cm³/mol. The van der Waals surface area contributed by atoms with Gasteiger partial charge in [-0.15, -0.1) is 0 Å². The van der Waals surface area contributed by atoms with Crippen LogP contribution in [-0.4, -0.2) is 58.3 Å². The smallest absolute Gasteiger partial charge is 0.246 e. The molecule has 0 spiro atoms. The molecule has 25 heavy (non-hydrogen) atoms. The normalized spacial score (nSPS) is 15.6. The number of phenolic OH excluding ortho intramolecular Hbond substituents is 1. The molecular weight excluding hydrogens is 320 g/mol. The summed E-state index contributed by atoms with van der Waals surface area (Å²) >= 11 is 0. The van der Waals surface area contributed by atoms with Crippen molar-refractivity contribution in [1.29, 1.82) is 0 Å². The molecule has 0 unspecified atom stereocenters. The maximum atomic E-state index is 12.5. The number of hydrogen-bond donors (Lipinski definition) is 2. The van der Waals surface area contributed by atoms with Crippen molar-refractivity contribution < 1.29 is 9.90 Å². The zero-order valence-corrected chi connectivity index (χ0v) is 14.4. The zero-order chi connectivity index (χ0) is 17.8. The van der Waals surface area contributed by atoms with E-state index in [4.69, 9.17) is 0 Å². The van der Waals surface area contributed by atoms with Crippen molar-refractivity contribution in [3.63, 3.8) is 0 Å². The number of carbonyl (C=O) groups is 1. The fourth-order valence-corrected chi connectivity index (χ4v) is 2.80. The Morgan fingerprint density at radius 1 is 1.32 bits per heavy atom. The Hall–Kier alpha value is -3.03. The Kier molecular flexibility index (Phi) is 4.87. The quantitative estimate of drug-likeness (QED) is 0.628. The summed E-state index contributed by atoms with van der Waals surface area (Å²) in [5.74, 6) is 0.948. The largest absolute Gasteiger partial charge is 0.508 e. The third-order valence-corrected chi connectivity index (χ3v) is 4.12. The highest BCUT2D eigenvalue weighted by Gasteiger charge is 2.27. The highest BCUT2D eigenvalue weighted by atomic mass is 16.3. The van der Waals surface area contributed by atoms with Crippen molar-refractivity contribution >= 4 is 17.6 Å². The number of aryl methyl sites for hydroxylation is 1. The van der Waals surface area contributed by atoms with Crippen LogP contribution in [0.3, 0.4) is 0 Å². The van der Waals surface area contributed by atoms with Crippen LogP contribution < -0.4 is 10.2 Å². The number of rotatable bonds is 3. The zero-order valence-electron chi connectivity index (χ0n) is 14.4. The molecule has 2 aromatic rings. The number of benzene rings is 1. The average molecular weight is 342 g/mol. The number of carbonyl (C=O) groups excluding carboxylic acids is 1. The fourth-order valence-electron chi connectivity index (χ4n) is 2.80. The number of aliphatic imine (C=N–C) groups is 1. The molecule has 0 bridgehead atoms. The van der Waals surface area contributed by atoms with Gasteiger partial charge in [0.1, 0.15) is 12.3 Å². The van der Waals surface area contributed by atoms with Crippen molar-refractivity contribution in [2.24, 2.45) is 12.0 Å². The van der Waals surface area contributed by atoms with Crippen LogP contribution in [0.15, 0.2) is 41.7 Å². The second-order valence-corrected chi connectivity index (χ2v) is 5.91. The number of nitrogens with zero attached hydrogens (tertiary/aromatic N) is 5. The van der Waals surface area contributed by atoms with Gasteiger partial charge >= 0.3 is 0 Å². The first kappa shape index (κ1) is 16.8. The SMILES string of the molecule is CN=C(NCc1ccc(O)cc1)N1CCN(c2cnn(C)c2)C(=O)C1. The standard InChI is InChI=1S/C17H22N6O2/c1-18-17(19-9-13-3-5-15(24)6-4-13)22-7-8-23(16(25)12-22)14-10-20-21(2)11-14/h3-6,10-11,24H,7-9,12H2,1-2H3,(H,18,19). The van der Waals surface area contributed by atoms with Gasteiger partial charge < -0.3 is 20.2 Å². The van der Waals surface area contributed by atoms with E-state index < -0.39 is 0 Å². The molecule has 0 saturated carbocycles. The van der Waals surface area contributed by atoms with E-state index in [-0.39, 0.29) is 18.2 Å². The highest BCUT2D eigenvalue weighted by Crippen LogP contribution is 2.16. The summed E-state index contributed by atoms with van der Waals surface area (Å²) in [6.07, 6.45) is 3.54. The molecule has 8 nitrogen and oxygen atoms in total. The van der Waals surface area contributed by atoms with E-state index in [1.54, 1.807) is 35.0 Å². The minimum Gasteiger partial charge on any atom is -0.508 e. The van der Waals surface area contributed by atoms with Gasteiger partial charge in [0.15, 0.2) is 5.96 Å². The molecule has 1 amide bonds. The van der Waals surface area contributed by atoms with E-state index in [1.165, 1.54) is 0 Å². The van der Waals surface area contributed by atoms with E-state index in [1.807, 2.05) is 30.3 Å². The molecular formula is C17H22N6O2. The minimum atomic E-state index is 0.0202. The number of nitrogens with one attached hydrogen (secondary N) is 1. The van der Waals surface area contributed by atoms with Gasteiger partial charge in [-0.1, -0.05) is 12.1 Å². The molecule has 1 aliphatic rings. The Labute approximate surface area is 146 Å². The maximum Gasteiger partial charge on any atom is 0.246 e. The molecule has 1 aromatic carbocycles. The molecule has 0 aliphatic carbocycles. The van der Waals surface area contributed by atoms with Crippen LogP contribution in [0.1, 0.15) is 5.56 Å². The number of hydrogen-bond acceptors (Lipinski definition) is 4. The van der Waals surface area contributed by atoms with Gasteiger partial charge in [0, 0.05) is 39.9 Å². The van der Waals surface area contributed by atoms with Gasteiger partial charge in [0.2, 0.25) is 5.91 Å². The Bertz CT molecular complexity index is 768. The first-order valence-corrected chi connectivity index (χ1v) is 8.09. The summed E-state index contributed by atoms with van der Waals surface area (Å²) in [5, 5.41) is 16.7. The lowest BCUT2D eigenvalue weighted by atomic mass is 10.2. The van der Waals surface area contributed by atoms with Crippen LogP contribution in [-0.2, 0) is 18.4 Å². The second kappa shape index (κ2) is 7.25. The third-order valence-electron chi connectivity index (χ3n) is 4.12. The van der Waals surface area contributed by atoms with Crippen LogP contribution >= 0.6 is 0 Å². The molecule has 1 aromatic heterocycles. The lowest BCUT2D eigenvalue weighted by Gasteiger charge is -2.35. The summed E-state index contributed by atoms with van der Waals surface area (Å²) < 4.78 is 1.69. The molecule has 0 radical (unpaired) electrons. The van der Waals surface area contributed by atoms with Crippen LogP contribution in [0.2, 0.25) is 0 Å². The Balaban J connectivity index is 1.59. The monoisotopic (exact) mass is 342 g/mol. The maximum absolute atomic E-state index is 12.5. The summed E-state index contributed by atoms with van der Waals surface area (Å²) in [4.78, 5) is 20.4. The third kappa shape index (κ3) is 3.90. The first-order valence-electron chi connectivity index (χ1n) is 8.09. The van der Waals surface area contributed by atoms with Crippen molar-refractivity contribution in [2.75, 3.05) is 31.6 Å². The number of anilines is 1. The molecule has 0 atom stereocenters. The fraction of sp³-hybridized carbons (Fsp3) is 0.353.